The summed E-state index contributed by atoms with van der Waals surface area (Å²) in [5.41, 5.74) is -1.03. The molecule has 2 aromatic rings. The summed E-state index contributed by atoms with van der Waals surface area (Å²) in [5.74, 6) is -32.2. The van der Waals surface area contributed by atoms with Crippen LogP contribution in [-0.4, -0.2) is 65.6 Å². The Labute approximate surface area is 287 Å². The number of rotatable bonds is 11. The highest BCUT2D eigenvalue weighted by molar-refractivity contribution is 6.36. The molecule has 1 atom stereocenters. The van der Waals surface area contributed by atoms with Crippen molar-refractivity contribution in [3.63, 3.8) is 0 Å². The number of ketones is 4. The molecule has 0 aliphatic carbocycles. The third kappa shape index (κ3) is 11.3. The molecule has 0 amide bonds. The number of alkyl halides is 16. The Morgan fingerprint density at radius 3 is 1.08 bits per heavy atom. The number of benzene rings is 2. The standard InChI is InChI=1S/2C13H6Cl2F8O2/c14-6-1-5(2-7(15)3-6)8(24)4-9(25)11(17,18)12(19,20)10(16)13(21,22)23;14-6-1-5(2-7(15)3-6)8(24)4-9(25)11(16,17)10(12(18,19)20)13(21,22)23/h2*1-3,10H,4H2. The molecule has 0 aliphatic rings. The fourth-order valence-electron chi connectivity index (χ4n) is 3.46. The molecule has 0 heterocycles. The van der Waals surface area contributed by atoms with E-state index in [9.17, 15) is 89.4 Å². The van der Waals surface area contributed by atoms with Crippen LogP contribution >= 0.6 is 46.4 Å². The maximum atomic E-state index is 13.5. The second kappa shape index (κ2) is 15.8. The summed E-state index contributed by atoms with van der Waals surface area (Å²) in [4.78, 5) is 45.9. The zero-order valence-electron chi connectivity index (χ0n) is 23.2. The Kier molecular flexibility index (Phi) is 14.3. The topological polar surface area (TPSA) is 68.3 Å². The van der Waals surface area contributed by atoms with Crippen LogP contribution in [0.3, 0.4) is 0 Å². The predicted molar refractivity (Wildman–Crippen MR) is 142 cm³/mol. The molecule has 2 aromatic carbocycles. The summed E-state index contributed by atoms with van der Waals surface area (Å²) in [7, 11) is 0. The van der Waals surface area contributed by atoms with E-state index in [1.54, 1.807) is 0 Å². The van der Waals surface area contributed by atoms with Crippen LogP contribution < -0.4 is 0 Å². The van der Waals surface area contributed by atoms with Crippen molar-refractivity contribution >= 4 is 69.5 Å². The van der Waals surface area contributed by atoms with Gasteiger partial charge in [0, 0.05) is 31.2 Å². The normalized spacial score (nSPS) is 13.8. The second-order valence-electron chi connectivity index (χ2n) is 9.60. The molecule has 24 heteroatoms. The monoisotopic (exact) mass is 832 g/mol. The van der Waals surface area contributed by atoms with E-state index in [0.717, 1.165) is 36.4 Å². The molecule has 2 rings (SSSR count). The van der Waals surface area contributed by atoms with Gasteiger partial charge in [-0.2, -0.15) is 65.9 Å². The van der Waals surface area contributed by atoms with Crippen LogP contribution in [-0.2, 0) is 9.59 Å². The van der Waals surface area contributed by atoms with Gasteiger partial charge in [-0.1, -0.05) is 46.4 Å². The van der Waals surface area contributed by atoms with Gasteiger partial charge >= 0.3 is 36.3 Å². The van der Waals surface area contributed by atoms with E-state index in [0.29, 0.717) is 0 Å². The molecule has 0 radical (unpaired) electrons. The van der Waals surface area contributed by atoms with Crippen molar-refractivity contribution in [3.8, 4) is 0 Å². The highest BCUT2D eigenvalue weighted by Crippen LogP contribution is 2.49. The van der Waals surface area contributed by atoms with Gasteiger partial charge < -0.3 is 0 Å². The fourth-order valence-corrected chi connectivity index (χ4v) is 4.51. The maximum absolute atomic E-state index is 13.5. The predicted octanol–water partition coefficient (Wildman–Crippen LogP) is 10.8. The summed E-state index contributed by atoms with van der Waals surface area (Å²) in [6.45, 7) is 0. The van der Waals surface area contributed by atoms with Crippen LogP contribution in [0.5, 0.6) is 0 Å². The van der Waals surface area contributed by atoms with Gasteiger partial charge in [-0.15, -0.1) is 0 Å². The van der Waals surface area contributed by atoms with Crippen LogP contribution in [0.25, 0.3) is 0 Å². The largest absolute Gasteiger partial charge is 0.425 e. The first kappa shape index (κ1) is 45.2. The smallest absolute Gasteiger partial charge is 0.294 e. The molecular formula is C26H12Cl4F16O4. The molecule has 0 spiro atoms. The molecule has 0 saturated heterocycles. The number of halogens is 20. The zero-order chi connectivity index (χ0) is 39.6. The van der Waals surface area contributed by atoms with Crippen LogP contribution in [0.1, 0.15) is 33.6 Å². The van der Waals surface area contributed by atoms with Gasteiger partial charge in [0.2, 0.25) is 17.5 Å². The van der Waals surface area contributed by atoms with E-state index in [2.05, 4.69) is 0 Å². The minimum atomic E-state index is -6.44. The first-order valence-electron chi connectivity index (χ1n) is 12.2. The maximum Gasteiger partial charge on any atom is 0.425 e. The van der Waals surface area contributed by atoms with Crippen molar-refractivity contribution in [2.75, 3.05) is 0 Å². The lowest BCUT2D eigenvalue weighted by Gasteiger charge is -2.29. The summed E-state index contributed by atoms with van der Waals surface area (Å²) < 4.78 is 203. The number of carbonyl (C=O) groups excluding carboxylic acids is 4. The quantitative estimate of drug-likeness (QED) is 0.128. The summed E-state index contributed by atoms with van der Waals surface area (Å²) in [6, 6.07) is 5.72. The molecule has 50 heavy (non-hydrogen) atoms. The fraction of sp³-hybridized carbons (Fsp3) is 0.385. The van der Waals surface area contributed by atoms with Crippen molar-refractivity contribution in [2.24, 2.45) is 5.92 Å². The first-order valence-corrected chi connectivity index (χ1v) is 13.7. The minimum absolute atomic E-state index is 0.152. The van der Waals surface area contributed by atoms with Gasteiger partial charge in [0.05, 0.1) is 12.8 Å². The highest BCUT2D eigenvalue weighted by atomic mass is 35.5. The van der Waals surface area contributed by atoms with E-state index < -0.39 is 95.5 Å². The zero-order valence-corrected chi connectivity index (χ0v) is 26.2. The van der Waals surface area contributed by atoms with Crippen molar-refractivity contribution in [2.45, 2.75) is 55.3 Å². The molecule has 1 unspecified atom stereocenters. The Balaban J connectivity index is 0.000000500. The van der Waals surface area contributed by atoms with Crippen molar-refractivity contribution in [1.82, 2.24) is 0 Å². The van der Waals surface area contributed by atoms with E-state index in [1.807, 2.05) is 0 Å². The van der Waals surface area contributed by atoms with Gasteiger partial charge in [-0.05, 0) is 36.4 Å². The van der Waals surface area contributed by atoms with Crippen LogP contribution in [0, 0.1) is 5.92 Å². The summed E-state index contributed by atoms with van der Waals surface area (Å²) in [6.07, 6.45) is -28.3. The average molecular weight is 834 g/mol. The molecule has 0 fully saturated rings. The van der Waals surface area contributed by atoms with Gasteiger partial charge in [0.25, 0.3) is 6.17 Å². The molecular weight excluding hydrogens is 822 g/mol. The SMILES string of the molecule is O=C(CC(=O)C(F)(F)C(C(F)(F)F)C(F)(F)F)c1cc(Cl)cc(Cl)c1.O=C(CC(=O)C(F)(F)C(F)(F)C(F)C(F)(F)F)c1cc(Cl)cc(Cl)c1. The summed E-state index contributed by atoms with van der Waals surface area (Å²) in [5, 5.41) is -0.611. The first-order chi connectivity index (χ1) is 22.2. The Morgan fingerprint density at radius 1 is 0.500 bits per heavy atom. The molecule has 0 aliphatic heterocycles. The number of hydrogen-bond donors (Lipinski definition) is 0. The van der Waals surface area contributed by atoms with E-state index >= 15 is 0 Å². The summed E-state index contributed by atoms with van der Waals surface area (Å²) >= 11 is 22.1. The average Bonchev–Trinajstić information content (AvgIpc) is 2.89. The van der Waals surface area contributed by atoms with Crippen molar-refractivity contribution < 1.29 is 89.4 Å². The van der Waals surface area contributed by atoms with E-state index in [1.165, 1.54) is 0 Å². The number of carbonyl (C=O) groups is 4. The Morgan fingerprint density at radius 2 is 0.800 bits per heavy atom. The lowest BCUT2D eigenvalue weighted by molar-refractivity contribution is -0.329. The molecule has 0 N–H and O–H groups in total. The van der Waals surface area contributed by atoms with E-state index in [4.69, 9.17) is 46.4 Å². The van der Waals surface area contributed by atoms with Gasteiger partial charge in [0.1, 0.15) is 0 Å². The van der Waals surface area contributed by atoms with Crippen LogP contribution in [0.4, 0.5) is 70.2 Å². The van der Waals surface area contributed by atoms with Crippen LogP contribution in [0.2, 0.25) is 20.1 Å². The Bertz CT molecular complexity index is 1550. The van der Waals surface area contributed by atoms with E-state index in [-0.39, 0.29) is 20.1 Å². The van der Waals surface area contributed by atoms with Gasteiger partial charge in [-0.3, -0.25) is 19.2 Å². The van der Waals surface area contributed by atoms with Gasteiger partial charge in [0.15, 0.2) is 11.6 Å². The highest BCUT2D eigenvalue weighted by Gasteiger charge is 2.73. The minimum Gasteiger partial charge on any atom is -0.294 e. The van der Waals surface area contributed by atoms with Crippen molar-refractivity contribution in [3.05, 3.63) is 67.6 Å². The lowest BCUT2D eigenvalue weighted by atomic mass is 9.92. The van der Waals surface area contributed by atoms with Gasteiger partial charge in [-0.25, -0.2) is 4.39 Å². The molecule has 0 aromatic heterocycles. The third-order valence-electron chi connectivity index (χ3n) is 5.77. The number of hydrogen-bond acceptors (Lipinski definition) is 4. The third-order valence-corrected chi connectivity index (χ3v) is 6.65. The molecule has 0 saturated carbocycles. The van der Waals surface area contributed by atoms with Crippen molar-refractivity contribution in [1.29, 1.82) is 0 Å². The Hall–Kier alpha value is -2.84. The lowest BCUT2D eigenvalue weighted by Crippen LogP contribution is -2.57. The molecule has 4 nitrogen and oxygen atoms in total. The molecule has 0 bridgehead atoms. The van der Waals surface area contributed by atoms with Crippen LogP contribution in [0.15, 0.2) is 36.4 Å². The number of Topliss-reactive ketones (excluding diaryl/α,β-unsaturated/α-hetero) is 4. The second-order valence-corrected chi connectivity index (χ2v) is 11.3. The molecule has 280 valence electrons.